The number of nitrogens with zero attached hydrogens (tertiary/aromatic N) is 3. The number of aromatic nitrogens is 2. The van der Waals surface area contributed by atoms with E-state index in [0.29, 0.717) is 16.9 Å². The summed E-state index contributed by atoms with van der Waals surface area (Å²) in [5.41, 5.74) is 4.34. The molecule has 1 heterocycles. The van der Waals surface area contributed by atoms with E-state index >= 15 is 0 Å². The second kappa shape index (κ2) is 7.59. The van der Waals surface area contributed by atoms with Gasteiger partial charge in [0.1, 0.15) is 0 Å². The van der Waals surface area contributed by atoms with Crippen LogP contribution >= 0.6 is 0 Å². The fraction of sp³-hybridized carbons (Fsp3) is 0.250. The van der Waals surface area contributed by atoms with Crippen LogP contribution in [0.15, 0.2) is 42.7 Å². The maximum atomic E-state index is 12.7. The minimum Gasteiger partial charge on any atom is -0.334 e. The van der Waals surface area contributed by atoms with Crippen molar-refractivity contribution >= 4 is 34.2 Å². The number of aryl methyl sites for hydroxylation is 2. The molecule has 0 aliphatic heterocycles. The zero-order valence-corrected chi connectivity index (χ0v) is 15.9. The number of nitrogens with one attached hydrogen (secondary N) is 2. The summed E-state index contributed by atoms with van der Waals surface area (Å²) >= 11 is 0. The lowest BCUT2D eigenvalue weighted by molar-refractivity contribution is -0.116. The Hall–Kier alpha value is -3.19. The molecule has 0 atom stereocenters. The molecular formula is C20H23N5O2. The number of hydrogen-bond acceptors (Lipinski definition) is 4. The lowest BCUT2D eigenvalue weighted by Crippen LogP contribution is -2.27. The Kier molecular flexibility index (Phi) is 5.23. The van der Waals surface area contributed by atoms with Gasteiger partial charge in [0, 0.05) is 12.6 Å². The quantitative estimate of drug-likeness (QED) is 0.728. The maximum absolute atomic E-state index is 12.7. The SMILES string of the molecule is Cc1ccc(NC(=O)CN(C)C)c(NC(=O)c2ccc3c(c2)ncn3C)c1. The van der Waals surface area contributed by atoms with Crippen LogP contribution in [0.3, 0.4) is 0 Å². The van der Waals surface area contributed by atoms with Crippen LogP contribution in [0.5, 0.6) is 0 Å². The monoisotopic (exact) mass is 365 g/mol. The van der Waals surface area contributed by atoms with Crippen molar-refractivity contribution in [2.45, 2.75) is 6.92 Å². The van der Waals surface area contributed by atoms with E-state index in [-0.39, 0.29) is 18.4 Å². The van der Waals surface area contributed by atoms with Crippen LogP contribution in [0.4, 0.5) is 11.4 Å². The van der Waals surface area contributed by atoms with Crippen molar-refractivity contribution in [3.05, 3.63) is 53.9 Å². The molecule has 0 bridgehead atoms. The molecule has 2 amide bonds. The van der Waals surface area contributed by atoms with Gasteiger partial charge in [0.2, 0.25) is 5.91 Å². The van der Waals surface area contributed by atoms with E-state index in [1.807, 2.05) is 50.8 Å². The highest BCUT2D eigenvalue weighted by Gasteiger charge is 2.13. The fourth-order valence-electron chi connectivity index (χ4n) is 2.82. The average molecular weight is 365 g/mol. The van der Waals surface area contributed by atoms with Crippen LogP contribution in [0, 0.1) is 6.92 Å². The van der Waals surface area contributed by atoms with E-state index in [1.54, 1.807) is 29.4 Å². The van der Waals surface area contributed by atoms with Gasteiger partial charge in [-0.1, -0.05) is 6.07 Å². The predicted octanol–water partition coefficient (Wildman–Crippen LogP) is 2.63. The third kappa shape index (κ3) is 4.32. The molecule has 3 rings (SSSR count). The zero-order chi connectivity index (χ0) is 19.6. The summed E-state index contributed by atoms with van der Waals surface area (Å²) in [5.74, 6) is -0.398. The van der Waals surface area contributed by atoms with Gasteiger partial charge in [-0.05, 0) is 56.9 Å². The molecule has 0 saturated heterocycles. The first-order valence-electron chi connectivity index (χ1n) is 8.61. The molecular weight excluding hydrogens is 342 g/mol. The van der Waals surface area contributed by atoms with Gasteiger partial charge in [-0.15, -0.1) is 0 Å². The van der Waals surface area contributed by atoms with E-state index in [2.05, 4.69) is 15.6 Å². The van der Waals surface area contributed by atoms with Gasteiger partial charge in [-0.25, -0.2) is 4.98 Å². The molecule has 0 saturated carbocycles. The van der Waals surface area contributed by atoms with Gasteiger partial charge in [-0.3, -0.25) is 9.59 Å². The standard InChI is InChI=1S/C20H23N5O2/c1-13-5-7-15(22-19(26)11-24(2)3)16(9-13)23-20(27)14-6-8-18-17(10-14)21-12-25(18)4/h5-10,12H,11H2,1-4H3,(H,22,26)(H,23,27). The molecule has 0 radical (unpaired) electrons. The first kappa shape index (κ1) is 18.6. The molecule has 2 N–H and O–H groups in total. The van der Waals surface area contributed by atoms with E-state index in [4.69, 9.17) is 0 Å². The molecule has 140 valence electrons. The van der Waals surface area contributed by atoms with Crippen LogP contribution in [0.2, 0.25) is 0 Å². The number of imidazole rings is 1. The number of rotatable bonds is 5. The number of hydrogen-bond donors (Lipinski definition) is 2. The molecule has 1 aromatic heterocycles. The number of amides is 2. The number of fused-ring (bicyclic) bond motifs is 1. The fourth-order valence-corrected chi connectivity index (χ4v) is 2.82. The smallest absolute Gasteiger partial charge is 0.255 e. The molecule has 3 aromatic rings. The normalized spacial score (nSPS) is 11.0. The second-order valence-corrected chi connectivity index (χ2v) is 6.85. The van der Waals surface area contributed by atoms with E-state index < -0.39 is 0 Å². The predicted molar refractivity (Wildman–Crippen MR) is 107 cm³/mol. The highest BCUT2D eigenvalue weighted by molar-refractivity contribution is 6.08. The first-order chi connectivity index (χ1) is 12.8. The van der Waals surface area contributed by atoms with Gasteiger partial charge in [-0.2, -0.15) is 0 Å². The summed E-state index contributed by atoms with van der Waals surface area (Å²) in [6.45, 7) is 2.19. The highest BCUT2D eigenvalue weighted by Crippen LogP contribution is 2.24. The van der Waals surface area contributed by atoms with Crippen molar-refractivity contribution in [2.24, 2.45) is 7.05 Å². The van der Waals surface area contributed by atoms with Crippen molar-refractivity contribution in [3.8, 4) is 0 Å². The van der Waals surface area contributed by atoms with Crippen LogP contribution in [-0.4, -0.2) is 46.9 Å². The Balaban J connectivity index is 1.83. The lowest BCUT2D eigenvalue weighted by atomic mass is 10.1. The lowest BCUT2D eigenvalue weighted by Gasteiger charge is -2.15. The Morgan fingerprint density at radius 3 is 2.59 bits per heavy atom. The largest absolute Gasteiger partial charge is 0.334 e. The van der Waals surface area contributed by atoms with Crippen molar-refractivity contribution in [1.29, 1.82) is 0 Å². The molecule has 0 fully saturated rings. The highest BCUT2D eigenvalue weighted by atomic mass is 16.2. The first-order valence-corrected chi connectivity index (χ1v) is 8.61. The van der Waals surface area contributed by atoms with Gasteiger partial charge in [0.05, 0.1) is 35.3 Å². The number of anilines is 2. The van der Waals surface area contributed by atoms with Crippen molar-refractivity contribution in [3.63, 3.8) is 0 Å². The number of benzene rings is 2. The van der Waals surface area contributed by atoms with E-state index in [1.165, 1.54) is 0 Å². The van der Waals surface area contributed by atoms with Gasteiger partial charge >= 0.3 is 0 Å². The third-order valence-corrected chi connectivity index (χ3v) is 4.14. The van der Waals surface area contributed by atoms with Crippen molar-refractivity contribution in [1.82, 2.24) is 14.5 Å². The van der Waals surface area contributed by atoms with E-state index in [0.717, 1.165) is 16.6 Å². The van der Waals surface area contributed by atoms with Gasteiger partial charge < -0.3 is 20.1 Å². The molecule has 27 heavy (non-hydrogen) atoms. The Labute approximate surface area is 158 Å². The minimum atomic E-state index is -0.253. The summed E-state index contributed by atoms with van der Waals surface area (Å²) in [5, 5.41) is 5.74. The Morgan fingerprint density at radius 1 is 1.07 bits per heavy atom. The van der Waals surface area contributed by atoms with Gasteiger partial charge in [0.25, 0.3) is 5.91 Å². The number of carbonyl (C=O) groups excluding carboxylic acids is 2. The molecule has 0 unspecified atom stereocenters. The van der Waals surface area contributed by atoms with Crippen LogP contribution in [0.25, 0.3) is 11.0 Å². The topological polar surface area (TPSA) is 79.3 Å². The molecule has 7 heteroatoms. The van der Waals surface area contributed by atoms with Crippen LogP contribution < -0.4 is 10.6 Å². The molecule has 2 aromatic carbocycles. The molecule has 0 aliphatic carbocycles. The summed E-state index contributed by atoms with van der Waals surface area (Å²) in [6, 6.07) is 10.9. The summed E-state index contributed by atoms with van der Waals surface area (Å²) in [7, 11) is 5.56. The summed E-state index contributed by atoms with van der Waals surface area (Å²) in [6.07, 6.45) is 1.71. The van der Waals surface area contributed by atoms with Gasteiger partial charge in [0.15, 0.2) is 0 Å². The second-order valence-electron chi connectivity index (χ2n) is 6.85. The molecule has 0 spiro atoms. The third-order valence-electron chi connectivity index (χ3n) is 4.14. The molecule has 7 nitrogen and oxygen atoms in total. The van der Waals surface area contributed by atoms with Crippen LogP contribution in [0.1, 0.15) is 15.9 Å². The summed E-state index contributed by atoms with van der Waals surface area (Å²) in [4.78, 5) is 30.9. The summed E-state index contributed by atoms with van der Waals surface area (Å²) < 4.78 is 1.90. The number of carbonyl (C=O) groups is 2. The van der Waals surface area contributed by atoms with Crippen LogP contribution in [-0.2, 0) is 11.8 Å². The zero-order valence-electron chi connectivity index (χ0n) is 15.9. The Bertz CT molecular complexity index is 1010. The minimum absolute atomic E-state index is 0.144. The Morgan fingerprint density at radius 2 is 1.85 bits per heavy atom. The number of likely N-dealkylation sites (N-methyl/N-ethyl adjacent to an activating group) is 1. The van der Waals surface area contributed by atoms with Crippen molar-refractivity contribution in [2.75, 3.05) is 31.3 Å². The average Bonchev–Trinajstić information content (AvgIpc) is 2.97. The van der Waals surface area contributed by atoms with E-state index in [9.17, 15) is 9.59 Å². The van der Waals surface area contributed by atoms with Crippen molar-refractivity contribution < 1.29 is 9.59 Å². The molecule has 0 aliphatic rings. The maximum Gasteiger partial charge on any atom is 0.255 e.